The topological polar surface area (TPSA) is 54.8 Å². The van der Waals surface area contributed by atoms with Gasteiger partial charge in [0.1, 0.15) is 0 Å². The average Bonchev–Trinajstić information content (AvgIpc) is 2.96. The van der Waals surface area contributed by atoms with E-state index >= 15 is 0 Å². The number of halogens is 1. The Kier molecular flexibility index (Phi) is 4.13. The standard InChI is InChI=1S/C16H19FN2O3/c1-21-11-5-10(9-20)19(8-11)15-3-4-18-14-7-13(17)16(22-2)6-12(14)15/h3-4,6-7,10-11,20H,5,8-9H2,1-2H3/t10-,11-/m0/s1. The number of hydrogen-bond acceptors (Lipinski definition) is 5. The summed E-state index contributed by atoms with van der Waals surface area (Å²) in [5, 5.41) is 10.4. The molecule has 1 fully saturated rings. The van der Waals surface area contributed by atoms with Crippen LogP contribution in [0.2, 0.25) is 0 Å². The maximum absolute atomic E-state index is 13.8. The van der Waals surface area contributed by atoms with E-state index in [2.05, 4.69) is 9.88 Å². The Bertz CT molecular complexity index is 680. The lowest BCUT2D eigenvalue weighted by atomic mass is 10.1. The van der Waals surface area contributed by atoms with E-state index in [0.717, 1.165) is 17.5 Å². The summed E-state index contributed by atoms with van der Waals surface area (Å²) < 4.78 is 24.3. The van der Waals surface area contributed by atoms with Crippen molar-refractivity contribution in [2.24, 2.45) is 0 Å². The molecule has 0 spiro atoms. The van der Waals surface area contributed by atoms with E-state index in [4.69, 9.17) is 9.47 Å². The highest BCUT2D eigenvalue weighted by molar-refractivity contribution is 5.93. The second-order valence-electron chi connectivity index (χ2n) is 5.42. The number of fused-ring (bicyclic) bond motifs is 1. The molecule has 2 aromatic rings. The van der Waals surface area contributed by atoms with E-state index in [1.165, 1.54) is 13.2 Å². The van der Waals surface area contributed by atoms with Crippen molar-refractivity contribution in [3.63, 3.8) is 0 Å². The predicted molar refractivity (Wildman–Crippen MR) is 81.9 cm³/mol. The molecular formula is C16H19FN2O3. The number of anilines is 1. The molecule has 0 unspecified atom stereocenters. The molecule has 0 amide bonds. The summed E-state index contributed by atoms with van der Waals surface area (Å²) in [5.41, 5.74) is 1.47. The van der Waals surface area contributed by atoms with Crippen LogP contribution in [0.4, 0.5) is 10.1 Å². The van der Waals surface area contributed by atoms with E-state index < -0.39 is 5.82 Å². The number of nitrogens with zero attached hydrogens (tertiary/aromatic N) is 2. The number of methoxy groups -OCH3 is 2. The second kappa shape index (κ2) is 6.06. The third-order valence-corrected chi connectivity index (χ3v) is 4.22. The van der Waals surface area contributed by atoms with Gasteiger partial charge in [-0.3, -0.25) is 4.98 Å². The highest BCUT2D eigenvalue weighted by Gasteiger charge is 2.32. The van der Waals surface area contributed by atoms with Gasteiger partial charge in [0.2, 0.25) is 0 Å². The van der Waals surface area contributed by atoms with Gasteiger partial charge in [-0.1, -0.05) is 0 Å². The third-order valence-electron chi connectivity index (χ3n) is 4.22. The van der Waals surface area contributed by atoms with Gasteiger partial charge in [-0.15, -0.1) is 0 Å². The van der Waals surface area contributed by atoms with Crippen molar-refractivity contribution in [3.05, 3.63) is 30.2 Å². The number of aliphatic hydroxyl groups is 1. The van der Waals surface area contributed by atoms with E-state index in [0.29, 0.717) is 12.1 Å². The largest absolute Gasteiger partial charge is 0.494 e. The predicted octanol–water partition coefficient (Wildman–Crippen LogP) is 1.97. The Morgan fingerprint density at radius 2 is 2.23 bits per heavy atom. The molecule has 0 saturated carbocycles. The lowest BCUT2D eigenvalue weighted by molar-refractivity contribution is 0.115. The van der Waals surface area contributed by atoms with Crippen LogP contribution in [-0.4, -0.2) is 49.6 Å². The molecule has 6 heteroatoms. The van der Waals surface area contributed by atoms with Gasteiger partial charge >= 0.3 is 0 Å². The highest BCUT2D eigenvalue weighted by Crippen LogP contribution is 2.34. The molecule has 1 saturated heterocycles. The summed E-state index contributed by atoms with van der Waals surface area (Å²) in [6.07, 6.45) is 2.48. The molecule has 1 N–H and O–H groups in total. The normalized spacial score (nSPS) is 21.5. The fourth-order valence-electron chi connectivity index (χ4n) is 3.05. The van der Waals surface area contributed by atoms with Gasteiger partial charge in [0.05, 0.1) is 31.4 Å². The first-order valence-corrected chi connectivity index (χ1v) is 7.20. The first kappa shape index (κ1) is 15.0. The Morgan fingerprint density at radius 1 is 1.41 bits per heavy atom. The van der Waals surface area contributed by atoms with Crippen LogP contribution >= 0.6 is 0 Å². The van der Waals surface area contributed by atoms with E-state index in [9.17, 15) is 9.50 Å². The monoisotopic (exact) mass is 306 g/mol. The summed E-state index contributed by atoms with van der Waals surface area (Å²) >= 11 is 0. The molecule has 2 atom stereocenters. The minimum atomic E-state index is -0.436. The third kappa shape index (κ3) is 2.48. The van der Waals surface area contributed by atoms with Gasteiger partial charge in [0.25, 0.3) is 0 Å². The molecule has 1 aliphatic heterocycles. The number of hydrogen-bond donors (Lipinski definition) is 1. The maximum Gasteiger partial charge on any atom is 0.167 e. The number of ether oxygens (including phenoxy) is 2. The smallest absolute Gasteiger partial charge is 0.167 e. The number of aliphatic hydroxyl groups excluding tert-OH is 1. The lowest BCUT2D eigenvalue weighted by Crippen LogP contribution is -2.32. The van der Waals surface area contributed by atoms with Crippen LogP contribution in [0.5, 0.6) is 5.75 Å². The van der Waals surface area contributed by atoms with Crippen molar-refractivity contribution in [2.75, 3.05) is 32.3 Å². The summed E-state index contributed by atoms with van der Waals surface area (Å²) in [6, 6.07) is 4.88. The molecule has 0 aliphatic carbocycles. The minimum absolute atomic E-state index is 0.0217. The molecule has 118 valence electrons. The van der Waals surface area contributed by atoms with Crippen LogP contribution in [-0.2, 0) is 4.74 Å². The molecule has 1 aromatic heterocycles. The van der Waals surface area contributed by atoms with Gasteiger partial charge < -0.3 is 19.5 Å². The fraction of sp³-hybridized carbons (Fsp3) is 0.438. The molecule has 0 radical (unpaired) electrons. The van der Waals surface area contributed by atoms with Crippen molar-refractivity contribution < 1.29 is 19.0 Å². The molecule has 3 rings (SSSR count). The zero-order chi connectivity index (χ0) is 15.7. The molecule has 1 aliphatic rings. The molecule has 22 heavy (non-hydrogen) atoms. The van der Waals surface area contributed by atoms with E-state index in [1.54, 1.807) is 19.4 Å². The van der Waals surface area contributed by atoms with Crippen molar-refractivity contribution in [1.82, 2.24) is 4.98 Å². The highest BCUT2D eigenvalue weighted by atomic mass is 19.1. The van der Waals surface area contributed by atoms with Gasteiger partial charge in [0, 0.05) is 37.0 Å². The van der Waals surface area contributed by atoms with Gasteiger partial charge in [-0.2, -0.15) is 0 Å². The van der Waals surface area contributed by atoms with Gasteiger partial charge in [-0.25, -0.2) is 4.39 Å². The summed E-state index contributed by atoms with van der Waals surface area (Å²) in [7, 11) is 3.11. The lowest BCUT2D eigenvalue weighted by Gasteiger charge is -2.26. The van der Waals surface area contributed by atoms with E-state index in [-0.39, 0.29) is 24.5 Å². The van der Waals surface area contributed by atoms with Gasteiger partial charge in [-0.05, 0) is 18.6 Å². The molecule has 0 bridgehead atoms. The summed E-state index contributed by atoms with van der Waals surface area (Å²) in [5.74, 6) is -0.251. The first-order chi connectivity index (χ1) is 10.7. The zero-order valence-corrected chi connectivity index (χ0v) is 12.6. The van der Waals surface area contributed by atoms with Crippen LogP contribution in [0.15, 0.2) is 24.4 Å². The Labute approximate surface area is 128 Å². The Balaban J connectivity index is 2.10. The summed E-state index contributed by atoms with van der Waals surface area (Å²) in [4.78, 5) is 6.32. The molecule has 1 aromatic carbocycles. The zero-order valence-electron chi connectivity index (χ0n) is 12.6. The van der Waals surface area contributed by atoms with Crippen LogP contribution in [0.1, 0.15) is 6.42 Å². The van der Waals surface area contributed by atoms with Crippen LogP contribution in [0.3, 0.4) is 0 Å². The van der Waals surface area contributed by atoms with Crippen molar-refractivity contribution in [3.8, 4) is 5.75 Å². The van der Waals surface area contributed by atoms with Gasteiger partial charge in [0.15, 0.2) is 11.6 Å². The van der Waals surface area contributed by atoms with Crippen molar-refractivity contribution >= 4 is 16.6 Å². The second-order valence-corrected chi connectivity index (χ2v) is 5.42. The SMILES string of the molecule is COc1cc2c(N3C[C@@H](OC)C[C@H]3CO)ccnc2cc1F. The average molecular weight is 306 g/mol. The van der Waals surface area contributed by atoms with Crippen molar-refractivity contribution in [1.29, 1.82) is 0 Å². The molecular weight excluding hydrogens is 287 g/mol. The Morgan fingerprint density at radius 3 is 2.91 bits per heavy atom. The number of pyridine rings is 1. The van der Waals surface area contributed by atoms with Crippen LogP contribution < -0.4 is 9.64 Å². The fourth-order valence-corrected chi connectivity index (χ4v) is 3.05. The number of rotatable bonds is 4. The molecule has 2 heterocycles. The Hall–Kier alpha value is -1.92. The summed E-state index contributed by atoms with van der Waals surface area (Å²) in [6.45, 7) is 0.725. The van der Waals surface area contributed by atoms with Crippen LogP contribution in [0, 0.1) is 5.82 Å². The van der Waals surface area contributed by atoms with Crippen molar-refractivity contribution in [2.45, 2.75) is 18.6 Å². The number of benzene rings is 1. The van der Waals surface area contributed by atoms with E-state index in [1.807, 2.05) is 6.07 Å². The first-order valence-electron chi connectivity index (χ1n) is 7.20. The maximum atomic E-state index is 13.8. The quantitative estimate of drug-likeness (QED) is 0.936. The molecule has 5 nitrogen and oxygen atoms in total. The number of aromatic nitrogens is 1. The van der Waals surface area contributed by atoms with Crippen LogP contribution in [0.25, 0.3) is 10.9 Å². The minimum Gasteiger partial charge on any atom is -0.494 e.